The van der Waals surface area contributed by atoms with Crippen molar-refractivity contribution < 1.29 is 43.8 Å². The third-order valence-corrected chi connectivity index (χ3v) is 7.48. The molecule has 0 saturated carbocycles. The summed E-state index contributed by atoms with van der Waals surface area (Å²) in [6.45, 7) is 8.42. The molecule has 0 radical (unpaired) electrons. The van der Waals surface area contributed by atoms with Gasteiger partial charge in [0, 0.05) is 6.54 Å². The van der Waals surface area contributed by atoms with Crippen LogP contribution in [0.1, 0.15) is 60.8 Å². The minimum atomic E-state index is -1.46. The SMILES string of the molecule is CC(C)C[C@@H]1NC(=O)CNC(=O)[C@@H]2CCCN2C(=O)[C@H]([C@@H](C)O)NC(=O)[C@H](C(C)C)NC(=O)[C@H](C)NC(=O)[C@H](CO)NC1=O. The quantitative estimate of drug-likeness (QED) is 0.152. The van der Waals surface area contributed by atoms with Gasteiger partial charge in [-0.1, -0.05) is 27.7 Å². The van der Waals surface area contributed by atoms with Crippen molar-refractivity contribution in [2.75, 3.05) is 19.7 Å². The number of carbonyl (C=O) groups is 7. The standard InChI is InChI=1S/C28H47N7O9/c1-13(2)10-17-24(40)32-18(12-36)25(41)30-15(5)23(39)33-21(14(3)4)27(43)34-22(16(6)37)28(44)35-9-7-8-19(35)26(42)29-11-20(38)31-17/h13-19,21-22,36-37H,7-12H2,1-6H3,(H,29,42)(H,30,41)(H,31,38)(H,32,40)(H,33,39)(H,34,43)/t15-,16+,17-,18-,19-,21-,22-/m0/s1. The van der Waals surface area contributed by atoms with Crippen LogP contribution in [0.25, 0.3) is 0 Å². The van der Waals surface area contributed by atoms with Crippen LogP contribution in [-0.4, -0.2) is 119 Å². The Labute approximate surface area is 256 Å². The molecule has 2 rings (SSSR count). The molecule has 7 amide bonds. The lowest BCUT2D eigenvalue weighted by Gasteiger charge is -2.31. The molecule has 0 aromatic heterocycles. The fourth-order valence-corrected chi connectivity index (χ4v) is 5.01. The van der Waals surface area contributed by atoms with Gasteiger partial charge >= 0.3 is 0 Å². The van der Waals surface area contributed by atoms with Crippen molar-refractivity contribution in [2.24, 2.45) is 11.8 Å². The van der Waals surface area contributed by atoms with Crippen molar-refractivity contribution in [1.82, 2.24) is 36.8 Å². The van der Waals surface area contributed by atoms with Crippen molar-refractivity contribution in [1.29, 1.82) is 0 Å². The number of aliphatic hydroxyl groups excluding tert-OH is 2. The maximum atomic E-state index is 13.5. The lowest BCUT2D eigenvalue weighted by molar-refractivity contribution is -0.144. The highest BCUT2D eigenvalue weighted by atomic mass is 16.3. The minimum absolute atomic E-state index is 0.0645. The van der Waals surface area contributed by atoms with Gasteiger partial charge in [-0.25, -0.2) is 0 Å². The first-order valence-electron chi connectivity index (χ1n) is 14.9. The molecular weight excluding hydrogens is 578 g/mol. The van der Waals surface area contributed by atoms with Gasteiger partial charge in [0.05, 0.1) is 19.3 Å². The molecule has 2 heterocycles. The Kier molecular flexibility index (Phi) is 13.5. The van der Waals surface area contributed by atoms with E-state index in [1.807, 2.05) is 13.8 Å². The Bertz CT molecular complexity index is 1100. The summed E-state index contributed by atoms with van der Waals surface area (Å²) in [6.07, 6.45) is -0.437. The summed E-state index contributed by atoms with van der Waals surface area (Å²) in [5.41, 5.74) is 0. The fraction of sp³-hybridized carbons (Fsp3) is 0.750. The van der Waals surface area contributed by atoms with Crippen LogP contribution in [0.15, 0.2) is 0 Å². The summed E-state index contributed by atoms with van der Waals surface area (Å²) in [5, 5.41) is 35.1. The Hall–Kier alpha value is -3.79. The molecule has 2 fully saturated rings. The third-order valence-electron chi connectivity index (χ3n) is 7.48. The summed E-state index contributed by atoms with van der Waals surface area (Å²) < 4.78 is 0. The van der Waals surface area contributed by atoms with E-state index in [1.54, 1.807) is 13.8 Å². The fourth-order valence-electron chi connectivity index (χ4n) is 5.01. The van der Waals surface area contributed by atoms with Gasteiger partial charge in [0.1, 0.15) is 36.3 Å². The van der Waals surface area contributed by atoms with Crippen LogP contribution in [0.2, 0.25) is 0 Å². The summed E-state index contributed by atoms with van der Waals surface area (Å²) in [6, 6.07) is -7.38. The monoisotopic (exact) mass is 625 g/mol. The highest BCUT2D eigenvalue weighted by Crippen LogP contribution is 2.20. The molecule has 0 aliphatic carbocycles. The second-order valence-corrected chi connectivity index (χ2v) is 12.1. The second-order valence-electron chi connectivity index (χ2n) is 12.1. The number of fused-ring (bicyclic) bond motifs is 1. The van der Waals surface area contributed by atoms with Crippen LogP contribution in [0, 0.1) is 11.8 Å². The van der Waals surface area contributed by atoms with Crippen LogP contribution >= 0.6 is 0 Å². The van der Waals surface area contributed by atoms with Crippen LogP contribution in [-0.2, 0) is 33.6 Å². The third kappa shape index (κ3) is 9.87. The Morgan fingerprint density at radius 2 is 1.39 bits per heavy atom. The van der Waals surface area contributed by atoms with E-state index in [0.29, 0.717) is 6.42 Å². The Morgan fingerprint density at radius 3 is 1.95 bits per heavy atom. The minimum Gasteiger partial charge on any atom is -0.394 e. The summed E-state index contributed by atoms with van der Waals surface area (Å²) >= 11 is 0. The van der Waals surface area contributed by atoms with E-state index in [4.69, 9.17) is 0 Å². The van der Waals surface area contributed by atoms with Gasteiger partial charge in [-0.05, 0) is 44.9 Å². The molecule has 7 atom stereocenters. The van der Waals surface area contributed by atoms with Crippen LogP contribution in [0.4, 0.5) is 0 Å². The molecule has 0 spiro atoms. The van der Waals surface area contributed by atoms with Gasteiger partial charge in [-0.15, -0.1) is 0 Å². The lowest BCUT2D eigenvalue weighted by atomic mass is 10.0. The Morgan fingerprint density at radius 1 is 0.773 bits per heavy atom. The van der Waals surface area contributed by atoms with E-state index in [-0.39, 0.29) is 25.3 Å². The summed E-state index contributed by atoms with van der Waals surface area (Å²) in [5.74, 6) is -5.77. The van der Waals surface area contributed by atoms with Gasteiger partial charge in [-0.2, -0.15) is 0 Å². The molecule has 0 bridgehead atoms. The van der Waals surface area contributed by atoms with Crippen LogP contribution < -0.4 is 31.9 Å². The van der Waals surface area contributed by atoms with Crippen molar-refractivity contribution in [3.63, 3.8) is 0 Å². The first kappa shape index (κ1) is 36.4. The molecule has 248 valence electrons. The zero-order chi connectivity index (χ0) is 33.3. The zero-order valence-corrected chi connectivity index (χ0v) is 26.1. The predicted molar refractivity (Wildman–Crippen MR) is 156 cm³/mol. The van der Waals surface area contributed by atoms with E-state index in [9.17, 15) is 43.8 Å². The topological polar surface area (TPSA) is 235 Å². The number of amides is 7. The smallest absolute Gasteiger partial charge is 0.248 e. The normalized spacial score (nSPS) is 29.5. The molecule has 2 saturated heterocycles. The van der Waals surface area contributed by atoms with E-state index >= 15 is 0 Å². The van der Waals surface area contributed by atoms with Crippen LogP contribution in [0.3, 0.4) is 0 Å². The molecule has 2 aliphatic rings. The number of hydrogen-bond donors (Lipinski definition) is 8. The number of rotatable bonds is 5. The molecule has 0 aromatic rings. The average molecular weight is 626 g/mol. The highest BCUT2D eigenvalue weighted by molar-refractivity contribution is 5.98. The number of nitrogens with zero attached hydrogens (tertiary/aromatic N) is 1. The van der Waals surface area contributed by atoms with Crippen molar-refractivity contribution in [3.05, 3.63) is 0 Å². The van der Waals surface area contributed by atoms with Crippen molar-refractivity contribution in [2.45, 2.75) is 103 Å². The summed E-state index contributed by atoms with van der Waals surface area (Å²) in [7, 11) is 0. The van der Waals surface area contributed by atoms with Crippen molar-refractivity contribution in [3.8, 4) is 0 Å². The number of carbonyl (C=O) groups excluding carboxylic acids is 7. The number of aliphatic hydroxyl groups is 2. The zero-order valence-electron chi connectivity index (χ0n) is 26.1. The van der Waals surface area contributed by atoms with Gasteiger partial charge in [-0.3, -0.25) is 33.6 Å². The molecule has 16 nitrogen and oxygen atoms in total. The van der Waals surface area contributed by atoms with Gasteiger partial charge in [0.15, 0.2) is 0 Å². The van der Waals surface area contributed by atoms with Crippen molar-refractivity contribution >= 4 is 41.4 Å². The van der Waals surface area contributed by atoms with Gasteiger partial charge < -0.3 is 47.0 Å². The van der Waals surface area contributed by atoms with E-state index in [1.165, 1.54) is 18.7 Å². The molecule has 16 heteroatoms. The maximum Gasteiger partial charge on any atom is 0.248 e. The molecule has 0 aromatic carbocycles. The van der Waals surface area contributed by atoms with Gasteiger partial charge in [0.2, 0.25) is 41.4 Å². The largest absolute Gasteiger partial charge is 0.394 e. The molecule has 44 heavy (non-hydrogen) atoms. The Balaban J connectivity index is 2.44. The van der Waals surface area contributed by atoms with Gasteiger partial charge in [0.25, 0.3) is 0 Å². The highest BCUT2D eigenvalue weighted by Gasteiger charge is 2.40. The molecule has 0 unspecified atom stereocenters. The maximum absolute atomic E-state index is 13.5. The van der Waals surface area contributed by atoms with Crippen LogP contribution in [0.5, 0.6) is 0 Å². The number of nitrogens with one attached hydrogen (secondary N) is 6. The molecule has 8 N–H and O–H groups in total. The molecule has 2 aliphatic heterocycles. The lowest BCUT2D eigenvalue weighted by Crippen LogP contribution is -2.61. The predicted octanol–water partition coefficient (Wildman–Crippen LogP) is -3.37. The first-order chi connectivity index (χ1) is 20.6. The van der Waals surface area contributed by atoms with E-state index in [2.05, 4.69) is 31.9 Å². The number of hydrogen-bond acceptors (Lipinski definition) is 9. The first-order valence-corrected chi connectivity index (χ1v) is 14.9. The summed E-state index contributed by atoms with van der Waals surface area (Å²) in [4.78, 5) is 92.8. The van der Waals surface area contributed by atoms with E-state index < -0.39 is 103 Å². The molecular formula is C28H47N7O9. The second kappa shape index (κ2) is 16.3. The average Bonchev–Trinajstić information content (AvgIpc) is 3.44. The van der Waals surface area contributed by atoms with E-state index in [0.717, 1.165) is 0 Å².